The number of urea groups is 1. The number of hydrogen-bond acceptors (Lipinski definition) is 4. The van der Waals surface area contributed by atoms with Gasteiger partial charge in [-0.3, -0.25) is 5.21 Å². The molecule has 1 aliphatic heterocycles. The SMILES string of the molecule is COc1cccc(CN2CCCc3cc(CN(O)C(N)=O)c(Cl)cc32)c1. The normalized spacial score (nSPS) is 13.3. The topological polar surface area (TPSA) is 79.0 Å². The van der Waals surface area contributed by atoms with Crippen LogP contribution >= 0.6 is 11.6 Å². The zero-order valence-corrected chi connectivity index (χ0v) is 15.4. The van der Waals surface area contributed by atoms with Crippen LogP contribution in [0.5, 0.6) is 5.75 Å². The van der Waals surface area contributed by atoms with Crippen molar-refractivity contribution in [1.82, 2.24) is 5.06 Å². The Hall–Kier alpha value is -2.44. The first-order valence-electron chi connectivity index (χ1n) is 8.43. The van der Waals surface area contributed by atoms with Gasteiger partial charge < -0.3 is 15.4 Å². The molecule has 0 bridgehead atoms. The van der Waals surface area contributed by atoms with Crippen LogP contribution in [0.15, 0.2) is 36.4 Å². The number of anilines is 1. The van der Waals surface area contributed by atoms with Crippen molar-refractivity contribution < 1.29 is 14.7 Å². The Morgan fingerprint density at radius 3 is 2.92 bits per heavy atom. The molecule has 0 fully saturated rings. The van der Waals surface area contributed by atoms with Gasteiger partial charge in [-0.1, -0.05) is 29.8 Å². The van der Waals surface area contributed by atoms with Gasteiger partial charge in [-0.25, -0.2) is 9.86 Å². The number of nitrogens with zero attached hydrogens (tertiary/aromatic N) is 2. The van der Waals surface area contributed by atoms with E-state index in [2.05, 4.69) is 11.0 Å². The van der Waals surface area contributed by atoms with Crippen molar-refractivity contribution in [3.63, 3.8) is 0 Å². The van der Waals surface area contributed by atoms with E-state index in [1.54, 1.807) is 7.11 Å². The van der Waals surface area contributed by atoms with E-state index < -0.39 is 6.03 Å². The molecule has 1 aliphatic rings. The lowest BCUT2D eigenvalue weighted by Crippen LogP contribution is -2.32. The Kier molecular flexibility index (Phi) is 5.54. The highest BCUT2D eigenvalue weighted by molar-refractivity contribution is 6.31. The van der Waals surface area contributed by atoms with E-state index in [-0.39, 0.29) is 6.54 Å². The minimum absolute atomic E-state index is 0.0304. The molecular formula is C19H22ClN3O3. The number of rotatable bonds is 5. The first-order chi connectivity index (χ1) is 12.5. The summed E-state index contributed by atoms with van der Waals surface area (Å²) in [5.74, 6) is 0.836. The minimum Gasteiger partial charge on any atom is -0.497 e. The maximum absolute atomic E-state index is 11.0. The molecule has 0 aromatic heterocycles. The number of benzene rings is 2. The monoisotopic (exact) mass is 375 g/mol. The largest absolute Gasteiger partial charge is 0.497 e. The number of methoxy groups -OCH3 is 1. The van der Waals surface area contributed by atoms with Crippen LogP contribution in [0.25, 0.3) is 0 Å². The Balaban J connectivity index is 1.85. The van der Waals surface area contributed by atoms with Crippen molar-refractivity contribution in [3.8, 4) is 5.75 Å². The number of halogens is 1. The number of hydroxylamine groups is 2. The van der Waals surface area contributed by atoms with E-state index in [1.807, 2.05) is 30.3 Å². The highest BCUT2D eigenvalue weighted by Gasteiger charge is 2.20. The summed E-state index contributed by atoms with van der Waals surface area (Å²) >= 11 is 6.39. The van der Waals surface area contributed by atoms with E-state index in [9.17, 15) is 10.0 Å². The standard InChI is InChI=1S/C19H22ClN3O3/c1-26-16-6-2-4-13(8-16)11-22-7-3-5-14-9-15(12-23(25)19(21)24)17(20)10-18(14)22/h2,4,6,8-10,25H,3,5,7,11-12H2,1H3,(H2,21,24). The molecule has 0 saturated heterocycles. The predicted molar refractivity (Wildman–Crippen MR) is 101 cm³/mol. The predicted octanol–water partition coefficient (Wildman–Crippen LogP) is 3.57. The lowest BCUT2D eigenvalue weighted by atomic mass is 9.98. The zero-order chi connectivity index (χ0) is 18.7. The van der Waals surface area contributed by atoms with Crippen LogP contribution in [-0.2, 0) is 19.5 Å². The number of primary amides is 1. The average Bonchev–Trinajstić information content (AvgIpc) is 2.63. The average molecular weight is 376 g/mol. The summed E-state index contributed by atoms with van der Waals surface area (Å²) < 4.78 is 5.30. The van der Waals surface area contributed by atoms with Crippen LogP contribution in [0.1, 0.15) is 23.1 Å². The summed E-state index contributed by atoms with van der Waals surface area (Å²) in [5, 5.41) is 10.5. The third-order valence-corrected chi connectivity index (χ3v) is 4.90. The molecule has 7 heteroatoms. The zero-order valence-electron chi connectivity index (χ0n) is 14.6. The summed E-state index contributed by atoms with van der Waals surface area (Å²) in [6, 6.07) is 11.0. The highest BCUT2D eigenvalue weighted by Crippen LogP contribution is 2.34. The smallest absolute Gasteiger partial charge is 0.338 e. The second kappa shape index (κ2) is 7.85. The van der Waals surface area contributed by atoms with Gasteiger partial charge in [0.25, 0.3) is 0 Å². The molecule has 2 amide bonds. The van der Waals surface area contributed by atoms with E-state index in [0.29, 0.717) is 15.6 Å². The fourth-order valence-electron chi connectivity index (χ4n) is 3.25. The Bertz CT molecular complexity index is 813. The third kappa shape index (κ3) is 4.03. The first-order valence-corrected chi connectivity index (χ1v) is 8.80. The van der Waals surface area contributed by atoms with E-state index >= 15 is 0 Å². The van der Waals surface area contributed by atoms with Crippen LogP contribution in [0.4, 0.5) is 10.5 Å². The van der Waals surface area contributed by atoms with Crippen molar-refractivity contribution in [2.75, 3.05) is 18.6 Å². The van der Waals surface area contributed by atoms with Crippen molar-refractivity contribution in [1.29, 1.82) is 0 Å². The molecule has 2 aromatic rings. The first kappa shape index (κ1) is 18.4. The Labute approximate surface area is 157 Å². The molecule has 0 atom stereocenters. The van der Waals surface area contributed by atoms with Crippen LogP contribution < -0.4 is 15.4 Å². The van der Waals surface area contributed by atoms with E-state index in [1.165, 1.54) is 0 Å². The lowest BCUT2D eigenvalue weighted by Gasteiger charge is -2.32. The van der Waals surface area contributed by atoms with E-state index in [4.69, 9.17) is 22.1 Å². The van der Waals surface area contributed by atoms with Crippen molar-refractivity contribution >= 4 is 23.3 Å². The Morgan fingerprint density at radius 2 is 2.19 bits per heavy atom. The molecule has 26 heavy (non-hydrogen) atoms. The maximum Gasteiger partial charge on any atom is 0.338 e. The summed E-state index contributed by atoms with van der Waals surface area (Å²) in [5.41, 5.74) is 9.14. The fourth-order valence-corrected chi connectivity index (χ4v) is 3.47. The van der Waals surface area contributed by atoms with Crippen LogP contribution in [0, 0.1) is 0 Å². The van der Waals surface area contributed by atoms with Gasteiger partial charge in [-0.05, 0) is 47.7 Å². The van der Waals surface area contributed by atoms with Crippen molar-refractivity contribution in [3.05, 3.63) is 58.1 Å². The fraction of sp³-hybridized carbons (Fsp3) is 0.316. The number of fused-ring (bicyclic) bond motifs is 1. The van der Waals surface area contributed by atoms with Gasteiger partial charge >= 0.3 is 6.03 Å². The molecule has 0 spiro atoms. The van der Waals surface area contributed by atoms with Gasteiger partial charge in [0.05, 0.1) is 13.7 Å². The number of aryl methyl sites for hydroxylation is 1. The summed E-state index contributed by atoms with van der Waals surface area (Å²) in [6.07, 6.45) is 1.95. The maximum atomic E-state index is 11.0. The number of carbonyl (C=O) groups is 1. The number of nitrogens with two attached hydrogens (primary N) is 1. The number of carbonyl (C=O) groups excluding carboxylic acids is 1. The molecule has 0 saturated carbocycles. The molecule has 0 radical (unpaired) electrons. The molecule has 3 rings (SSSR count). The van der Waals surface area contributed by atoms with Gasteiger partial charge in [-0.2, -0.15) is 0 Å². The van der Waals surface area contributed by atoms with Crippen molar-refractivity contribution in [2.24, 2.45) is 5.73 Å². The number of hydrogen-bond donors (Lipinski definition) is 2. The van der Waals surface area contributed by atoms with Gasteiger partial charge in [0.15, 0.2) is 0 Å². The summed E-state index contributed by atoms with van der Waals surface area (Å²) in [6.45, 7) is 1.66. The third-order valence-electron chi connectivity index (χ3n) is 4.54. The van der Waals surface area contributed by atoms with E-state index in [0.717, 1.165) is 48.5 Å². The quantitative estimate of drug-likeness (QED) is 0.618. The van der Waals surface area contributed by atoms with Crippen LogP contribution in [0.2, 0.25) is 5.02 Å². The van der Waals surface area contributed by atoms with Crippen molar-refractivity contribution in [2.45, 2.75) is 25.9 Å². The number of amides is 2. The van der Waals surface area contributed by atoms with Crippen LogP contribution in [-0.4, -0.2) is 30.0 Å². The molecule has 2 aromatic carbocycles. The van der Waals surface area contributed by atoms with Crippen LogP contribution in [0.3, 0.4) is 0 Å². The summed E-state index contributed by atoms with van der Waals surface area (Å²) in [7, 11) is 1.66. The second-order valence-electron chi connectivity index (χ2n) is 6.34. The molecule has 0 aliphatic carbocycles. The molecule has 6 nitrogen and oxygen atoms in total. The molecule has 138 valence electrons. The lowest BCUT2D eigenvalue weighted by molar-refractivity contribution is -0.0470. The van der Waals surface area contributed by atoms with Gasteiger partial charge in [0, 0.05) is 23.8 Å². The minimum atomic E-state index is -0.904. The second-order valence-corrected chi connectivity index (χ2v) is 6.75. The number of ether oxygens (including phenoxy) is 1. The molecular weight excluding hydrogens is 354 g/mol. The molecule has 3 N–H and O–H groups in total. The highest BCUT2D eigenvalue weighted by atomic mass is 35.5. The molecule has 1 heterocycles. The van der Waals surface area contributed by atoms with Gasteiger partial charge in [-0.15, -0.1) is 0 Å². The van der Waals surface area contributed by atoms with Gasteiger partial charge in [0.1, 0.15) is 5.75 Å². The Morgan fingerprint density at radius 1 is 1.38 bits per heavy atom. The summed E-state index contributed by atoms with van der Waals surface area (Å²) in [4.78, 5) is 13.3. The van der Waals surface area contributed by atoms with Gasteiger partial charge in [0.2, 0.25) is 0 Å². The molecule has 0 unspecified atom stereocenters.